The number of hydrogen-bond donors (Lipinski definition) is 0. The largest absolute Gasteiger partial charge is 0.0588 e. The van der Waals surface area contributed by atoms with Crippen molar-refractivity contribution in [1.29, 1.82) is 0 Å². The number of fused-ring (bicyclic) bond motifs is 1. The molecule has 0 heterocycles. The van der Waals surface area contributed by atoms with Gasteiger partial charge in [-0.25, -0.2) is 0 Å². The first-order valence-corrected chi connectivity index (χ1v) is 3.30. The molecule has 38 valence electrons. The van der Waals surface area contributed by atoms with Crippen molar-refractivity contribution in [2.24, 2.45) is 16.7 Å². The average Bonchev–Trinajstić information content (AvgIpc) is 2.46. The Morgan fingerprint density at radius 3 is 2.14 bits per heavy atom. The first-order chi connectivity index (χ1) is 3.30. The predicted octanol–water partition coefficient (Wildman–Crippen LogP) is 1.81. The van der Waals surface area contributed by atoms with E-state index in [1.807, 2.05) is 0 Å². The molecule has 3 fully saturated rings. The molecule has 3 aliphatic rings. The summed E-state index contributed by atoms with van der Waals surface area (Å²) in [4.78, 5) is 0. The SMILES string of the molecule is CC12CCC13CC23. The van der Waals surface area contributed by atoms with Crippen LogP contribution in [-0.2, 0) is 0 Å². The van der Waals surface area contributed by atoms with E-state index in [1.165, 1.54) is 5.92 Å². The van der Waals surface area contributed by atoms with Crippen LogP contribution in [0.25, 0.3) is 0 Å². The highest BCUT2D eigenvalue weighted by atomic mass is 14.9. The van der Waals surface area contributed by atoms with Crippen molar-refractivity contribution >= 4 is 0 Å². The van der Waals surface area contributed by atoms with Crippen molar-refractivity contribution in [2.75, 3.05) is 0 Å². The number of hydrogen-bond acceptors (Lipinski definition) is 0. The molecular weight excluding hydrogens is 84.1 g/mol. The van der Waals surface area contributed by atoms with E-state index in [-0.39, 0.29) is 0 Å². The minimum absolute atomic E-state index is 0.924. The third-order valence-electron chi connectivity index (χ3n) is 3.99. The molecule has 3 atom stereocenters. The van der Waals surface area contributed by atoms with E-state index in [4.69, 9.17) is 0 Å². The van der Waals surface area contributed by atoms with Crippen molar-refractivity contribution in [1.82, 2.24) is 0 Å². The topological polar surface area (TPSA) is 0 Å². The van der Waals surface area contributed by atoms with Crippen LogP contribution >= 0.6 is 0 Å². The smallest absolute Gasteiger partial charge is 0.0204 e. The van der Waals surface area contributed by atoms with E-state index in [0.29, 0.717) is 0 Å². The van der Waals surface area contributed by atoms with Gasteiger partial charge in [0, 0.05) is 0 Å². The zero-order valence-electron chi connectivity index (χ0n) is 4.70. The summed E-state index contributed by atoms with van der Waals surface area (Å²) in [6, 6.07) is 0. The first-order valence-electron chi connectivity index (χ1n) is 3.30. The summed E-state index contributed by atoms with van der Waals surface area (Å²) < 4.78 is 0. The second-order valence-corrected chi connectivity index (χ2v) is 3.83. The van der Waals surface area contributed by atoms with Crippen molar-refractivity contribution in [3.05, 3.63) is 0 Å². The summed E-state index contributed by atoms with van der Waals surface area (Å²) in [6.45, 7) is 2.46. The molecule has 3 unspecified atom stereocenters. The Kier molecular flexibility index (Phi) is 0.206. The van der Waals surface area contributed by atoms with Crippen LogP contribution in [0.3, 0.4) is 0 Å². The van der Waals surface area contributed by atoms with Crippen LogP contribution in [0.5, 0.6) is 0 Å². The Bertz CT molecular complexity index is 140. The standard InChI is InChI=1S/C7H10/c1-6-2-3-7(6)4-5(6)7/h5H,2-4H2,1H3. The van der Waals surface area contributed by atoms with Gasteiger partial charge in [-0.05, 0) is 36.0 Å². The molecule has 3 saturated carbocycles. The lowest BCUT2D eigenvalue weighted by Gasteiger charge is -2.32. The normalized spacial score (nSPS) is 81.0. The summed E-state index contributed by atoms with van der Waals surface area (Å²) in [5.41, 5.74) is 1.92. The zero-order chi connectivity index (χ0) is 4.70. The fourth-order valence-corrected chi connectivity index (χ4v) is 2.87. The fraction of sp³-hybridized carbons (Fsp3) is 1.00. The van der Waals surface area contributed by atoms with Crippen molar-refractivity contribution in [2.45, 2.75) is 26.2 Å². The van der Waals surface area contributed by atoms with Gasteiger partial charge in [0.05, 0.1) is 0 Å². The van der Waals surface area contributed by atoms with Crippen LogP contribution in [0, 0.1) is 16.7 Å². The Balaban J connectivity index is 2.16. The van der Waals surface area contributed by atoms with Gasteiger partial charge >= 0.3 is 0 Å². The molecule has 1 spiro atoms. The maximum atomic E-state index is 2.46. The molecule has 7 heavy (non-hydrogen) atoms. The second kappa shape index (κ2) is 0.463. The molecule has 0 radical (unpaired) electrons. The summed E-state index contributed by atoms with van der Waals surface area (Å²) in [5.74, 6) is 1.22. The van der Waals surface area contributed by atoms with E-state index < -0.39 is 0 Å². The van der Waals surface area contributed by atoms with Gasteiger partial charge in [0.2, 0.25) is 0 Å². The van der Waals surface area contributed by atoms with Crippen LogP contribution in [0.2, 0.25) is 0 Å². The summed E-state index contributed by atoms with van der Waals surface area (Å²) >= 11 is 0. The molecule has 0 aromatic rings. The summed E-state index contributed by atoms with van der Waals surface area (Å²) in [7, 11) is 0. The lowest BCUT2D eigenvalue weighted by molar-refractivity contribution is 0.180. The van der Waals surface area contributed by atoms with Crippen LogP contribution in [-0.4, -0.2) is 0 Å². The highest BCUT2D eigenvalue weighted by Gasteiger charge is 2.90. The molecule has 0 aromatic heterocycles. The maximum absolute atomic E-state index is 2.46. The van der Waals surface area contributed by atoms with Gasteiger partial charge in [-0.15, -0.1) is 0 Å². The fourth-order valence-electron chi connectivity index (χ4n) is 2.87. The van der Waals surface area contributed by atoms with Crippen LogP contribution in [0.15, 0.2) is 0 Å². The van der Waals surface area contributed by atoms with Gasteiger partial charge in [-0.2, -0.15) is 0 Å². The molecule has 0 nitrogen and oxygen atoms in total. The van der Waals surface area contributed by atoms with Crippen molar-refractivity contribution < 1.29 is 0 Å². The molecule has 0 heteroatoms. The minimum atomic E-state index is 0.924. The van der Waals surface area contributed by atoms with E-state index in [2.05, 4.69) is 6.92 Å². The van der Waals surface area contributed by atoms with E-state index in [1.54, 1.807) is 19.3 Å². The van der Waals surface area contributed by atoms with E-state index >= 15 is 0 Å². The zero-order valence-corrected chi connectivity index (χ0v) is 4.70. The van der Waals surface area contributed by atoms with Crippen molar-refractivity contribution in [3.63, 3.8) is 0 Å². The molecule has 0 N–H and O–H groups in total. The van der Waals surface area contributed by atoms with Gasteiger partial charge in [0.25, 0.3) is 0 Å². The molecule has 3 rings (SSSR count). The van der Waals surface area contributed by atoms with Gasteiger partial charge in [-0.3, -0.25) is 0 Å². The minimum Gasteiger partial charge on any atom is -0.0588 e. The van der Waals surface area contributed by atoms with Crippen LogP contribution in [0.4, 0.5) is 0 Å². The Hall–Kier alpha value is 0. The van der Waals surface area contributed by atoms with Gasteiger partial charge in [-0.1, -0.05) is 6.92 Å². The molecule has 0 bridgehead atoms. The Morgan fingerprint density at radius 1 is 1.43 bits per heavy atom. The van der Waals surface area contributed by atoms with Gasteiger partial charge in [0.15, 0.2) is 0 Å². The maximum Gasteiger partial charge on any atom is -0.0204 e. The lowest BCUT2D eigenvalue weighted by atomic mass is 9.73. The van der Waals surface area contributed by atoms with Crippen LogP contribution in [0.1, 0.15) is 26.2 Å². The Morgan fingerprint density at radius 2 is 2.14 bits per heavy atom. The Labute approximate surface area is 43.9 Å². The average molecular weight is 94.2 g/mol. The highest BCUT2D eigenvalue weighted by molar-refractivity contribution is 5.38. The lowest BCUT2D eigenvalue weighted by Crippen LogP contribution is -2.22. The highest BCUT2D eigenvalue weighted by Crippen LogP contribution is 2.97. The molecular formula is C7H10. The quantitative estimate of drug-likeness (QED) is 0.429. The third kappa shape index (κ3) is 0.114. The molecule has 0 saturated heterocycles. The molecule has 3 aliphatic carbocycles. The molecule has 0 aromatic carbocycles. The van der Waals surface area contributed by atoms with E-state index in [0.717, 1.165) is 10.8 Å². The second-order valence-electron chi connectivity index (χ2n) is 3.83. The van der Waals surface area contributed by atoms with E-state index in [9.17, 15) is 0 Å². The summed E-state index contributed by atoms with van der Waals surface area (Å²) in [6.07, 6.45) is 4.73. The molecule has 0 amide bonds. The van der Waals surface area contributed by atoms with Gasteiger partial charge < -0.3 is 0 Å². The number of rotatable bonds is 0. The monoisotopic (exact) mass is 94.1 g/mol. The summed E-state index contributed by atoms with van der Waals surface area (Å²) in [5, 5.41) is 0. The van der Waals surface area contributed by atoms with Gasteiger partial charge in [0.1, 0.15) is 0 Å². The first kappa shape index (κ1) is 3.11. The molecule has 0 aliphatic heterocycles. The van der Waals surface area contributed by atoms with Crippen LogP contribution < -0.4 is 0 Å². The van der Waals surface area contributed by atoms with Crippen molar-refractivity contribution in [3.8, 4) is 0 Å². The predicted molar refractivity (Wildman–Crippen MR) is 27.9 cm³/mol. The third-order valence-corrected chi connectivity index (χ3v) is 3.99.